The van der Waals surface area contributed by atoms with Crippen molar-refractivity contribution in [2.45, 2.75) is 77.6 Å². The highest BCUT2D eigenvalue weighted by molar-refractivity contribution is 7.13. The highest BCUT2D eigenvalue weighted by Gasteiger charge is 2.45. The molecule has 196 valence electrons. The molecular formula is C27H34N6O3S. The van der Waals surface area contributed by atoms with Crippen molar-refractivity contribution < 1.29 is 14.7 Å². The maximum atomic E-state index is 13.8. The molecule has 2 aromatic heterocycles. The summed E-state index contributed by atoms with van der Waals surface area (Å²) in [6.07, 6.45) is 3.52. The Hall–Kier alpha value is -3.11. The van der Waals surface area contributed by atoms with Gasteiger partial charge in [0.05, 0.1) is 27.9 Å². The molecule has 2 N–H and O–H groups in total. The molecule has 3 aromatic rings. The number of benzene rings is 1. The molecule has 1 aromatic carbocycles. The van der Waals surface area contributed by atoms with Crippen LogP contribution in [-0.4, -0.2) is 60.5 Å². The van der Waals surface area contributed by atoms with Crippen LogP contribution in [0.2, 0.25) is 0 Å². The number of carbonyl (C=O) groups excluding carboxylic acids is 2. The smallest absolute Gasteiger partial charge is 0.248 e. The molecule has 3 atom stereocenters. The maximum absolute atomic E-state index is 13.8. The Balaban J connectivity index is 1.28. The van der Waals surface area contributed by atoms with Gasteiger partial charge in [-0.2, -0.15) is 0 Å². The van der Waals surface area contributed by atoms with E-state index in [9.17, 15) is 14.7 Å². The van der Waals surface area contributed by atoms with Crippen LogP contribution in [0.3, 0.4) is 0 Å². The lowest BCUT2D eigenvalue weighted by molar-refractivity contribution is -0.144. The third-order valence-electron chi connectivity index (χ3n) is 7.14. The Morgan fingerprint density at radius 1 is 1.22 bits per heavy atom. The number of thiazole rings is 1. The quantitative estimate of drug-likeness (QED) is 0.491. The molecular weight excluding hydrogens is 488 g/mol. The van der Waals surface area contributed by atoms with Crippen molar-refractivity contribution in [3.8, 4) is 10.4 Å². The zero-order chi connectivity index (χ0) is 26.3. The normalized spacial score (nSPS) is 20.7. The van der Waals surface area contributed by atoms with Crippen molar-refractivity contribution in [2.24, 2.45) is 5.41 Å². The van der Waals surface area contributed by atoms with Gasteiger partial charge < -0.3 is 15.3 Å². The number of aliphatic hydroxyl groups excluding tert-OH is 1. The number of aliphatic hydroxyl groups is 1. The lowest BCUT2D eigenvalue weighted by Gasteiger charge is -2.34. The minimum absolute atomic E-state index is 0.122. The van der Waals surface area contributed by atoms with E-state index < -0.39 is 23.6 Å². The Morgan fingerprint density at radius 2 is 1.95 bits per heavy atom. The van der Waals surface area contributed by atoms with Crippen molar-refractivity contribution in [3.05, 3.63) is 52.9 Å². The van der Waals surface area contributed by atoms with Gasteiger partial charge in [0.1, 0.15) is 12.1 Å². The highest BCUT2D eigenvalue weighted by Crippen LogP contribution is 2.40. The van der Waals surface area contributed by atoms with E-state index >= 15 is 0 Å². The van der Waals surface area contributed by atoms with E-state index in [-0.39, 0.29) is 24.8 Å². The molecule has 37 heavy (non-hydrogen) atoms. The van der Waals surface area contributed by atoms with E-state index in [4.69, 9.17) is 0 Å². The highest BCUT2D eigenvalue weighted by atomic mass is 32.1. The van der Waals surface area contributed by atoms with Crippen molar-refractivity contribution >= 4 is 23.2 Å². The topological polar surface area (TPSA) is 113 Å². The van der Waals surface area contributed by atoms with Gasteiger partial charge in [0.25, 0.3) is 0 Å². The predicted molar refractivity (Wildman–Crippen MR) is 141 cm³/mol. The minimum atomic E-state index is -0.750. The van der Waals surface area contributed by atoms with Crippen LogP contribution in [0.5, 0.6) is 0 Å². The van der Waals surface area contributed by atoms with Crippen LogP contribution >= 0.6 is 11.3 Å². The molecule has 3 heterocycles. The van der Waals surface area contributed by atoms with E-state index in [2.05, 4.69) is 20.6 Å². The van der Waals surface area contributed by atoms with Crippen LogP contribution in [0.4, 0.5) is 0 Å². The Bertz CT molecular complexity index is 1270. The van der Waals surface area contributed by atoms with Gasteiger partial charge in [-0.15, -0.1) is 16.4 Å². The number of amides is 2. The van der Waals surface area contributed by atoms with Gasteiger partial charge in [0.15, 0.2) is 0 Å². The Kier molecular flexibility index (Phi) is 6.89. The van der Waals surface area contributed by atoms with Crippen LogP contribution < -0.4 is 5.32 Å². The van der Waals surface area contributed by atoms with Gasteiger partial charge in [-0.25, -0.2) is 9.67 Å². The molecule has 0 spiro atoms. The van der Waals surface area contributed by atoms with Gasteiger partial charge in [-0.05, 0) is 36.3 Å². The Morgan fingerprint density at radius 3 is 2.57 bits per heavy atom. The van der Waals surface area contributed by atoms with Gasteiger partial charge in [-0.1, -0.05) is 50.3 Å². The third-order valence-corrected chi connectivity index (χ3v) is 8.11. The first-order valence-electron chi connectivity index (χ1n) is 12.8. The van der Waals surface area contributed by atoms with E-state index in [1.54, 1.807) is 16.0 Å². The molecule has 2 amide bonds. The molecule has 10 heteroatoms. The summed E-state index contributed by atoms with van der Waals surface area (Å²) < 4.78 is 1.64. The standard InChI is InChI=1S/C27H34N6O3S/c1-16-23(37-15-29-16)19-7-5-17(6-8-19)12-28-25(35)22-11-20(34)13-32(22)26(36)24(27(2,3)4)33-14-21(30-31-33)18-9-10-18/h5-8,14-15,18,20,22,24,34H,9-13H2,1-4H3,(H,28,35)/t20-,22+,24?/m1/s1. The summed E-state index contributed by atoms with van der Waals surface area (Å²) in [6, 6.07) is 6.66. The fourth-order valence-corrected chi connectivity index (χ4v) is 5.80. The second-order valence-corrected chi connectivity index (χ2v) is 12.1. The summed E-state index contributed by atoms with van der Waals surface area (Å²) >= 11 is 1.60. The summed E-state index contributed by atoms with van der Waals surface area (Å²) in [5, 5.41) is 22.0. The first-order chi connectivity index (χ1) is 17.6. The predicted octanol–water partition coefficient (Wildman–Crippen LogP) is 3.45. The molecule has 1 saturated heterocycles. The molecule has 9 nitrogen and oxygen atoms in total. The zero-order valence-corrected chi connectivity index (χ0v) is 22.5. The fraction of sp³-hybridized carbons (Fsp3) is 0.519. The van der Waals surface area contributed by atoms with Gasteiger partial charge in [0.2, 0.25) is 11.8 Å². The lowest BCUT2D eigenvalue weighted by atomic mass is 9.85. The molecule has 1 aliphatic heterocycles. The number of likely N-dealkylation sites (tertiary alicyclic amines) is 1. The van der Waals surface area contributed by atoms with Gasteiger partial charge in [0, 0.05) is 31.6 Å². The lowest BCUT2D eigenvalue weighted by Crippen LogP contribution is -2.50. The molecule has 1 saturated carbocycles. The van der Waals surface area contributed by atoms with E-state index in [1.807, 2.05) is 63.7 Å². The van der Waals surface area contributed by atoms with Gasteiger partial charge in [-0.3, -0.25) is 9.59 Å². The first kappa shape index (κ1) is 25.5. The van der Waals surface area contributed by atoms with Gasteiger partial charge >= 0.3 is 0 Å². The SMILES string of the molecule is Cc1ncsc1-c1ccc(CNC(=O)[C@@H]2C[C@@H](O)CN2C(=O)C(n2cc(C3CC3)nn2)C(C)(C)C)cc1. The largest absolute Gasteiger partial charge is 0.391 e. The molecule has 2 aliphatic rings. The minimum Gasteiger partial charge on any atom is -0.391 e. The average Bonchev–Trinajstić information content (AvgIpc) is 3.22. The van der Waals surface area contributed by atoms with Crippen LogP contribution in [0.25, 0.3) is 10.4 Å². The van der Waals surface area contributed by atoms with Crippen LogP contribution in [0, 0.1) is 12.3 Å². The molecule has 5 rings (SSSR count). The Labute approximate surface area is 220 Å². The fourth-order valence-electron chi connectivity index (χ4n) is 4.99. The number of aromatic nitrogens is 4. The van der Waals surface area contributed by atoms with Crippen molar-refractivity contribution in [1.82, 2.24) is 30.2 Å². The number of hydrogen-bond acceptors (Lipinski definition) is 7. The van der Waals surface area contributed by atoms with E-state index in [0.717, 1.165) is 40.2 Å². The van der Waals surface area contributed by atoms with Crippen LogP contribution in [0.15, 0.2) is 36.0 Å². The van der Waals surface area contributed by atoms with E-state index in [1.165, 1.54) is 4.90 Å². The number of carbonyl (C=O) groups is 2. The summed E-state index contributed by atoms with van der Waals surface area (Å²) in [5.41, 5.74) is 5.34. The summed E-state index contributed by atoms with van der Waals surface area (Å²) in [7, 11) is 0. The third kappa shape index (κ3) is 5.45. The van der Waals surface area contributed by atoms with Crippen molar-refractivity contribution in [3.63, 3.8) is 0 Å². The molecule has 0 bridgehead atoms. The van der Waals surface area contributed by atoms with Crippen molar-refractivity contribution in [1.29, 1.82) is 0 Å². The maximum Gasteiger partial charge on any atom is 0.248 e. The summed E-state index contributed by atoms with van der Waals surface area (Å²) in [6.45, 7) is 8.39. The molecule has 1 unspecified atom stereocenters. The summed E-state index contributed by atoms with van der Waals surface area (Å²) in [5.74, 6) is -0.0606. The van der Waals surface area contributed by atoms with E-state index in [0.29, 0.717) is 12.5 Å². The number of nitrogens with one attached hydrogen (secondary N) is 1. The first-order valence-corrected chi connectivity index (χ1v) is 13.7. The average molecular weight is 523 g/mol. The molecule has 1 aliphatic carbocycles. The number of hydrogen-bond donors (Lipinski definition) is 2. The zero-order valence-electron chi connectivity index (χ0n) is 21.7. The number of rotatable bonds is 7. The number of aryl methyl sites for hydroxylation is 1. The second-order valence-electron chi connectivity index (χ2n) is 11.2. The number of nitrogens with zero attached hydrogens (tertiary/aromatic N) is 5. The second kappa shape index (κ2) is 9.98. The van der Waals surface area contributed by atoms with Crippen LogP contribution in [-0.2, 0) is 16.1 Å². The van der Waals surface area contributed by atoms with Crippen LogP contribution in [0.1, 0.15) is 68.9 Å². The molecule has 2 fully saturated rings. The molecule has 0 radical (unpaired) electrons. The monoisotopic (exact) mass is 522 g/mol. The summed E-state index contributed by atoms with van der Waals surface area (Å²) in [4.78, 5) is 34.0. The van der Waals surface area contributed by atoms with Crippen molar-refractivity contribution in [2.75, 3.05) is 6.54 Å². The number of β-amino-alcohol motifs (C(OH)–C–C–N with tert-alkyl or cyclic N) is 1.